The molecule has 0 aliphatic carbocycles. The maximum atomic E-state index is 12.7. The predicted octanol–water partition coefficient (Wildman–Crippen LogP) is 5.58. The van der Waals surface area contributed by atoms with Gasteiger partial charge in [-0.05, 0) is 68.4 Å². The van der Waals surface area contributed by atoms with Crippen molar-refractivity contribution in [3.8, 4) is 34.0 Å². The van der Waals surface area contributed by atoms with Crippen molar-refractivity contribution in [2.45, 2.75) is 13.8 Å². The summed E-state index contributed by atoms with van der Waals surface area (Å²) in [6.07, 6.45) is 0. The fourth-order valence-electron chi connectivity index (χ4n) is 3.47. The van der Waals surface area contributed by atoms with E-state index in [9.17, 15) is 4.79 Å². The molecule has 0 saturated heterocycles. The zero-order valence-corrected chi connectivity index (χ0v) is 20.0. The molecule has 7 nitrogen and oxygen atoms in total. The maximum absolute atomic E-state index is 12.7. The molecule has 4 rings (SSSR count). The van der Waals surface area contributed by atoms with Crippen molar-refractivity contribution in [2.75, 3.05) is 30.9 Å². The summed E-state index contributed by atoms with van der Waals surface area (Å²) in [6, 6.07) is 25.1. The highest BCUT2D eigenvalue weighted by Crippen LogP contribution is 2.27. The van der Waals surface area contributed by atoms with Crippen LogP contribution in [0.3, 0.4) is 0 Å². The number of carbonyl (C=O) groups excluding carboxylic acids is 1. The summed E-state index contributed by atoms with van der Waals surface area (Å²) in [5, 5.41) is 5.93. The highest BCUT2D eigenvalue weighted by atomic mass is 16.5. The minimum absolute atomic E-state index is 0.0734. The lowest BCUT2D eigenvalue weighted by Gasteiger charge is -2.11. The average molecular weight is 469 g/mol. The number of amides is 1. The van der Waals surface area contributed by atoms with Gasteiger partial charge in [0, 0.05) is 16.8 Å². The molecule has 0 aliphatic rings. The van der Waals surface area contributed by atoms with Crippen molar-refractivity contribution in [3.05, 3.63) is 84.4 Å². The molecule has 7 heteroatoms. The largest absolute Gasteiger partial charge is 0.497 e. The number of aryl methyl sites for hydroxylation is 1. The number of nitrogens with zero attached hydrogens (tertiary/aromatic N) is 2. The Morgan fingerprint density at radius 1 is 0.829 bits per heavy atom. The number of hydrogen-bond acceptors (Lipinski definition) is 6. The van der Waals surface area contributed by atoms with E-state index in [1.165, 1.54) is 0 Å². The molecule has 0 fully saturated rings. The minimum Gasteiger partial charge on any atom is -0.497 e. The van der Waals surface area contributed by atoms with E-state index in [0.717, 1.165) is 39.6 Å². The van der Waals surface area contributed by atoms with Gasteiger partial charge in [-0.3, -0.25) is 10.1 Å². The zero-order valence-electron chi connectivity index (χ0n) is 20.0. The molecule has 3 aromatic carbocycles. The fourth-order valence-corrected chi connectivity index (χ4v) is 3.47. The van der Waals surface area contributed by atoms with Gasteiger partial charge in [0.15, 0.2) is 0 Å². The van der Waals surface area contributed by atoms with Crippen LogP contribution in [0.1, 0.15) is 12.5 Å². The lowest BCUT2D eigenvalue weighted by atomic mass is 10.1. The molecule has 2 N–H and O–H groups in total. The first kappa shape index (κ1) is 23.8. The smallest absolute Gasteiger partial charge is 0.246 e. The van der Waals surface area contributed by atoms with Gasteiger partial charge in [-0.1, -0.05) is 29.8 Å². The Kier molecular flexibility index (Phi) is 7.57. The molecule has 35 heavy (non-hydrogen) atoms. The number of ether oxygens (including phenoxy) is 2. The summed E-state index contributed by atoms with van der Waals surface area (Å²) in [6.45, 7) is 4.65. The Morgan fingerprint density at radius 2 is 1.40 bits per heavy atom. The number of aromatic nitrogens is 2. The summed E-state index contributed by atoms with van der Waals surface area (Å²) in [5.74, 6) is 1.54. The van der Waals surface area contributed by atoms with Crippen molar-refractivity contribution in [1.82, 2.24) is 9.97 Å². The van der Waals surface area contributed by atoms with Gasteiger partial charge < -0.3 is 14.8 Å². The van der Waals surface area contributed by atoms with Crippen molar-refractivity contribution < 1.29 is 14.3 Å². The SMILES string of the molecule is CCOc1ccc(NCC(=O)Nc2nc(-c3ccc(C)cc3)cc(-c3ccc(OC)cc3)n2)cc1. The minimum atomic E-state index is -0.249. The Morgan fingerprint density at radius 3 is 1.97 bits per heavy atom. The third kappa shape index (κ3) is 6.35. The van der Waals surface area contributed by atoms with E-state index >= 15 is 0 Å². The van der Waals surface area contributed by atoms with Crippen LogP contribution in [0, 0.1) is 6.92 Å². The summed E-state index contributed by atoms with van der Waals surface area (Å²) in [7, 11) is 1.63. The van der Waals surface area contributed by atoms with E-state index < -0.39 is 0 Å². The Bertz CT molecular complexity index is 1270. The molecule has 0 radical (unpaired) electrons. The van der Waals surface area contributed by atoms with Crippen molar-refractivity contribution in [2.24, 2.45) is 0 Å². The number of methoxy groups -OCH3 is 1. The number of carbonyl (C=O) groups is 1. The molecule has 1 heterocycles. The average Bonchev–Trinajstić information content (AvgIpc) is 2.89. The molecule has 0 aliphatic heterocycles. The molecule has 1 aromatic heterocycles. The van der Waals surface area contributed by atoms with Crippen LogP contribution in [0.25, 0.3) is 22.5 Å². The Hall–Kier alpha value is -4.39. The Balaban J connectivity index is 1.54. The molecule has 178 valence electrons. The van der Waals surface area contributed by atoms with Gasteiger partial charge in [0.25, 0.3) is 0 Å². The zero-order chi connectivity index (χ0) is 24.6. The number of anilines is 2. The van der Waals surface area contributed by atoms with E-state index in [0.29, 0.717) is 12.3 Å². The van der Waals surface area contributed by atoms with E-state index in [2.05, 4.69) is 20.6 Å². The summed E-state index contributed by atoms with van der Waals surface area (Å²) in [5.41, 5.74) is 5.23. The van der Waals surface area contributed by atoms with Crippen LogP contribution in [0.2, 0.25) is 0 Å². The number of hydrogen-bond donors (Lipinski definition) is 2. The molecule has 0 atom stereocenters. The van der Waals surface area contributed by atoms with Crippen molar-refractivity contribution in [1.29, 1.82) is 0 Å². The fraction of sp³-hybridized carbons (Fsp3) is 0.179. The van der Waals surface area contributed by atoms with Crippen LogP contribution in [0.4, 0.5) is 11.6 Å². The van der Waals surface area contributed by atoms with Gasteiger partial charge in [-0.2, -0.15) is 0 Å². The molecular weight excluding hydrogens is 440 g/mol. The van der Waals surface area contributed by atoms with Crippen LogP contribution < -0.4 is 20.1 Å². The molecule has 0 bridgehead atoms. The van der Waals surface area contributed by atoms with Gasteiger partial charge in [-0.25, -0.2) is 9.97 Å². The maximum Gasteiger partial charge on any atom is 0.246 e. The summed E-state index contributed by atoms with van der Waals surface area (Å²) >= 11 is 0. The van der Waals surface area contributed by atoms with Crippen LogP contribution in [0.15, 0.2) is 78.9 Å². The molecule has 0 spiro atoms. The first-order valence-corrected chi connectivity index (χ1v) is 11.4. The summed E-state index contributed by atoms with van der Waals surface area (Å²) < 4.78 is 10.7. The highest BCUT2D eigenvalue weighted by Gasteiger charge is 2.12. The van der Waals surface area contributed by atoms with Gasteiger partial charge in [0.2, 0.25) is 11.9 Å². The second kappa shape index (κ2) is 11.2. The topological polar surface area (TPSA) is 85.4 Å². The molecule has 1 amide bonds. The first-order valence-electron chi connectivity index (χ1n) is 11.4. The quantitative estimate of drug-likeness (QED) is 0.334. The molecule has 4 aromatic rings. The van der Waals surface area contributed by atoms with E-state index in [1.54, 1.807) is 7.11 Å². The van der Waals surface area contributed by atoms with Gasteiger partial charge in [0.1, 0.15) is 11.5 Å². The van der Waals surface area contributed by atoms with Crippen LogP contribution >= 0.6 is 0 Å². The van der Waals surface area contributed by atoms with Gasteiger partial charge in [0.05, 0.1) is 31.6 Å². The molecular formula is C28H28N4O3. The number of nitrogens with one attached hydrogen (secondary N) is 2. The Labute approximate surface area is 205 Å². The molecule has 0 unspecified atom stereocenters. The van der Waals surface area contributed by atoms with E-state index in [-0.39, 0.29) is 18.4 Å². The standard InChI is InChI=1S/C28H28N4O3/c1-4-35-24-15-11-22(12-16-24)29-18-27(33)32-28-30-25(20-7-5-19(2)6-8-20)17-26(31-28)21-9-13-23(34-3)14-10-21/h5-17,29H,4,18H2,1-3H3,(H,30,31,32,33). The first-order chi connectivity index (χ1) is 17.0. The van der Waals surface area contributed by atoms with Gasteiger partial charge >= 0.3 is 0 Å². The normalized spacial score (nSPS) is 10.5. The van der Waals surface area contributed by atoms with Crippen molar-refractivity contribution >= 4 is 17.5 Å². The predicted molar refractivity (Wildman–Crippen MR) is 139 cm³/mol. The van der Waals surface area contributed by atoms with Crippen LogP contribution in [-0.2, 0) is 4.79 Å². The third-order valence-electron chi connectivity index (χ3n) is 5.33. The number of rotatable bonds is 9. The van der Waals surface area contributed by atoms with E-state index in [4.69, 9.17) is 9.47 Å². The molecule has 0 saturated carbocycles. The number of benzene rings is 3. The third-order valence-corrected chi connectivity index (χ3v) is 5.33. The summed E-state index contributed by atoms with van der Waals surface area (Å²) in [4.78, 5) is 21.9. The second-order valence-corrected chi connectivity index (χ2v) is 7.92. The van der Waals surface area contributed by atoms with Crippen molar-refractivity contribution in [3.63, 3.8) is 0 Å². The highest BCUT2D eigenvalue weighted by molar-refractivity contribution is 5.92. The monoisotopic (exact) mass is 468 g/mol. The van der Waals surface area contributed by atoms with Crippen LogP contribution in [-0.4, -0.2) is 36.1 Å². The van der Waals surface area contributed by atoms with Crippen LogP contribution in [0.5, 0.6) is 11.5 Å². The lowest BCUT2D eigenvalue weighted by molar-refractivity contribution is -0.114. The van der Waals surface area contributed by atoms with Gasteiger partial charge in [-0.15, -0.1) is 0 Å². The van der Waals surface area contributed by atoms with E-state index in [1.807, 2.05) is 92.7 Å². The lowest BCUT2D eigenvalue weighted by Crippen LogP contribution is -2.23. The second-order valence-electron chi connectivity index (χ2n) is 7.92.